The zero-order valence-electron chi connectivity index (χ0n) is 15.8. The SMILES string of the molecule is O=C(c1ccncc1)c1ccc(N=Nc2ccc(C(=O)c3ccncc3)cc2)cc1. The molecule has 2 aromatic carbocycles. The first-order valence-corrected chi connectivity index (χ1v) is 9.22. The van der Waals surface area contributed by atoms with Gasteiger partial charge in [0.05, 0.1) is 11.4 Å². The molecule has 0 aliphatic carbocycles. The van der Waals surface area contributed by atoms with E-state index in [9.17, 15) is 9.59 Å². The number of pyridine rings is 2. The van der Waals surface area contributed by atoms with Gasteiger partial charge in [-0.3, -0.25) is 19.6 Å². The van der Waals surface area contributed by atoms with Crippen molar-refractivity contribution in [3.05, 3.63) is 120 Å². The fraction of sp³-hybridized carbons (Fsp3) is 0. The molecule has 4 aromatic rings. The number of carbonyl (C=O) groups is 2. The van der Waals surface area contributed by atoms with Crippen LogP contribution in [0.4, 0.5) is 11.4 Å². The first-order valence-electron chi connectivity index (χ1n) is 9.22. The van der Waals surface area contributed by atoms with Gasteiger partial charge in [0, 0.05) is 47.0 Å². The molecule has 0 N–H and O–H groups in total. The van der Waals surface area contributed by atoms with Crippen molar-refractivity contribution in [3.8, 4) is 0 Å². The van der Waals surface area contributed by atoms with Crippen LogP contribution in [0.2, 0.25) is 0 Å². The first-order chi connectivity index (χ1) is 14.7. The van der Waals surface area contributed by atoms with Crippen LogP contribution >= 0.6 is 0 Å². The summed E-state index contributed by atoms with van der Waals surface area (Å²) in [6, 6.07) is 20.5. The van der Waals surface area contributed by atoms with Crippen molar-refractivity contribution in [1.29, 1.82) is 0 Å². The van der Waals surface area contributed by atoms with E-state index in [1.165, 1.54) is 0 Å². The molecule has 2 aromatic heterocycles. The third-order valence-electron chi connectivity index (χ3n) is 4.42. The van der Waals surface area contributed by atoms with Crippen LogP contribution in [0, 0.1) is 0 Å². The number of hydrogen-bond acceptors (Lipinski definition) is 6. The van der Waals surface area contributed by atoms with Crippen molar-refractivity contribution < 1.29 is 9.59 Å². The number of aromatic nitrogens is 2. The molecule has 0 unspecified atom stereocenters. The predicted molar refractivity (Wildman–Crippen MR) is 112 cm³/mol. The quantitative estimate of drug-likeness (QED) is 0.327. The van der Waals surface area contributed by atoms with Crippen LogP contribution in [0.15, 0.2) is 108 Å². The van der Waals surface area contributed by atoms with Gasteiger partial charge in [-0.1, -0.05) is 0 Å². The highest BCUT2D eigenvalue weighted by Gasteiger charge is 2.09. The lowest BCUT2D eigenvalue weighted by Gasteiger charge is -2.02. The molecule has 0 atom stereocenters. The summed E-state index contributed by atoms with van der Waals surface area (Å²) in [5.41, 5.74) is 3.55. The Hall–Kier alpha value is -4.32. The standard InChI is InChI=1S/C24H16N4O2/c29-23(19-9-13-25-14-10-19)17-1-5-21(6-2-17)27-28-22-7-3-18(4-8-22)24(30)20-11-15-26-16-12-20/h1-16H. The van der Waals surface area contributed by atoms with Crippen LogP contribution in [0.1, 0.15) is 31.8 Å². The maximum absolute atomic E-state index is 12.4. The monoisotopic (exact) mass is 392 g/mol. The molecule has 0 saturated heterocycles. The molecule has 144 valence electrons. The molecule has 4 rings (SSSR count). The Bertz CT molecular complexity index is 1090. The Morgan fingerprint density at radius 1 is 0.467 bits per heavy atom. The molecular formula is C24H16N4O2. The summed E-state index contributed by atoms with van der Waals surface area (Å²) in [5.74, 6) is -0.148. The number of hydrogen-bond donors (Lipinski definition) is 0. The van der Waals surface area contributed by atoms with Crippen LogP contribution in [0.3, 0.4) is 0 Å². The van der Waals surface area contributed by atoms with Gasteiger partial charge < -0.3 is 0 Å². The minimum absolute atomic E-state index is 0.0738. The number of azo groups is 1. The molecule has 6 nitrogen and oxygen atoms in total. The highest BCUT2D eigenvalue weighted by molar-refractivity contribution is 6.09. The number of rotatable bonds is 6. The zero-order chi connectivity index (χ0) is 20.8. The molecule has 0 saturated carbocycles. The maximum atomic E-state index is 12.4. The molecule has 0 amide bonds. The minimum atomic E-state index is -0.0738. The summed E-state index contributed by atoms with van der Waals surface area (Å²) in [6.45, 7) is 0. The van der Waals surface area contributed by atoms with E-state index < -0.39 is 0 Å². The van der Waals surface area contributed by atoms with E-state index in [1.807, 2.05) is 0 Å². The van der Waals surface area contributed by atoms with E-state index in [2.05, 4.69) is 20.2 Å². The number of carbonyl (C=O) groups excluding carboxylic acids is 2. The van der Waals surface area contributed by atoms with Gasteiger partial charge in [0.1, 0.15) is 0 Å². The summed E-state index contributed by atoms with van der Waals surface area (Å²) >= 11 is 0. The molecule has 0 spiro atoms. The van der Waals surface area contributed by atoms with E-state index in [0.717, 1.165) is 0 Å². The third-order valence-corrected chi connectivity index (χ3v) is 4.42. The van der Waals surface area contributed by atoms with E-state index in [-0.39, 0.29) is 11.6 Å². The minimum Gasteiger partial charge on any atom is -0.289 e. The second kappa shape index (κ2) is 8.79. The van der Waals surface area contributed by atoms with Gasteiger partial charge in [0.25, 0.3) is 0 Å². The molecule has 0 bridgehead atoms. The molecule has 0 fully saturated rings. The summed E-state index contributed by atoms with van der Waals surface area (Å²) in [5, 5.41) is 8.39. The summed E-state index contributed by atoms with van der Waals surface area (Å²) in [6.07, 6.45) is 6.36. The fourth-order valence-corrected chi connectivity index (χ4v) is 2.81. The molecular weight excluding hydrogens is 376 g/mol. The predicted octanol–water partition coefficient (Wildman–Crippen LogP) is 5.35. The molecule has 0 aliphatic rings. The van der Waals surface area contributed by atoms with E-state index in [4.69, 9.17) is 0 Å². The average molecular weight is 392 g/mol. The third kappa shape index (κ3) is 4.39. The van der Waals surface area contributed by atoms with Crippen LogP contribution in [0.25, 0.3) is 0 Å². The van der Waals surface area contributed by atoms with Gasteiger partial charge in [0.2, 0.25) is 0 Å². The largest absolute Gasteiger partial charge is 0.289 e. The lowest BCUT2D eigenvalue weighted by molar-refractivity contribution is 0.103. The second-order valence-electron chi connectivity index (χ2n) is 6.42. The number of benzene rings is 2. The van der Waals surface area contributed by atoms with Gasteiger partial charge >= 0.3 is 0 Å². The second-order valence-corrected chi connectivity index (χ2v) is 6.42. The van der Waals surface area contributed by atoms with Crippen molar-refractivity contribution in [2.45, 2.75) is 0 Å². The van der Waals surface area contributed by atoms with Crippen molar-refractivity contribution in [2.24, 2.45) is 10.2 Å². The van der Waals surface area contributed by atoms with Crippen molar-refractivity contribution >= 4 is 22.9 Å². The van der Waals surface area contributed by atoms with Crippen LogP contribution in [-0.4, -0.2) is 21.5 Å². The Balaban J connectivity index is 1.44. The lowest BCUT2D eigenvalue weighted by atomic mass is 10.0. The lowest BCUT2D eigenvalue weighted by Crippen LogP contribution is -2.00. The summed E-state index contributed by atoms with van der Waals surface area (Å²) in [4.78, 5) is 32.7. The Kier molecular flexibility index (Phi) is 5.57. The maximum Gasteiger partial charge on any atom is 0.193 e. The van der Waals surface area contributed by atoms with Gasteiger partial charge in [-0.2, -0.15) is 10.2 Å². The smallest absolute Gasteiger partial charge is 0.193 e. The van der Waals surface area contributed by atoms with Crippen molar-refractivity contribution in [2.75, 3.05) is 0 Å². The number of nitrogens with zero attached hydrogens (tertiary/aromatic N) is 4. The van der Waals surface area contributed by atoms with Gasteiger partial charge in [-0.05, 0) is 72.8 Å². The summed E-state index contributed by atoms with van der Waals surface area (Å²) in [7, 11) is 0. The van der Waals surface area contributed by atoms with Gasteiger partial charge in [0.15, 0.2) is 11.6 Å². The molecule has 2 heterocycles. The van der Waals surface area contributed by atoms with E-state index in [0.29, 0.717) is 33.6 Å². The Labute approximate surface area is 173 Å². The molecule has 30 heavy (non-hydrogen) atoms. The topological polar surface area (TPSA) is 84.6 Å². The molecule has 6 heteroatoms. The highest BCUT2D eigenvalue weighted by Crippen LogP contribution is 2.21. The Morgan fingerprint density at radius 3 is 1.10 bits per heavy atom. The van der Waals surface area contributed by atoms with Crippen LogP contribution in [0.5, 0.6) is 0 Å². The fourth-order valence-electron chi connectivity index (χ4n) is 2.81. The van der Waals surface area contributed by atoms with Gasteiger partial charge in [-0.25, -0.2) is 0 Å². The summed E-state index contributed by atoms with van der Waals surface area (Å²) < 4.78 is 0. The van der Waals surface area contributed by atoms with Crippen molar-refractivity contribution in [3.63, 3.8) is 0 Å². The van der Waals surface area contributed by atoms with E-state index in [1.54, 1.807) is 97.6 Å². The van der Waals surface area contributed by atoms with Crippen molar-refractivity contribution in [1.82, 2.24) is 9.97 Å². The average Bonchev–Trinajstić information content (AvgIpc) is 2.83. The Morgan fingerprint density at radius 2 is 0.767 bits per heavy atom. The molecule has 0 radical (unpaired) electrons. The van der Waals surface area contributed by atoms with Crippen LogP contribution in [-0.2, 0) is 0 Å². The zero-order valence-corrected chi connectivity index (χ0v) is 15.8. The normalized spacial score (nSPS) is 10.8. The first kappa shape index (κ1) is 19.0. The molecule has 0 aliphatic heterocycles. The van der Waals surface area contributed by atoms with Gasteiger partial charge in [-0.15, -0.1) is 0 Å². The highest BCUT2D eigenvalue weighted by atomic mass is 16.1. The number of ketones is 2. The van der Waals surface area contributed by atoms with E-state index >= 15 is 0 Å². The van der Waals surface area contributed by atoms with Crippen LogP contribution < -0.4 is 0 Å².